The molecule has 0 heterocycles. The molecule has 94 valence electrons. The summed E-state index contributed by atoms with van der Waals surface area (Å²) in [7, 11) is 2.05. The molecule has 1 aromatic rings. The van der Waals surface area contributed by atoms with Gasteiger partial charge in [-0.15, -0.1) is 0 Å². The second-order valence-electron chi connectivity index (χ2n) is 4.83. The van der Waals surface area contributed by atoms with Crippen molar-refractivity contribution in [2.24, 2.45) is 5.92 Å². The summed E-state index contributed by atoms with van der Waals surface area (Å²) < 4.78 is 1.16. The standard InChI is InChI=1S/C14H19BrClN/c1-17-14(10-5-3-2-4-6-10)12-9-11(16)7-8-13(12)15/h7-10,14,17H,2-6H2,1H3. The number of hydrogen-bond donors (Lipinski definition) is 1. The minimum Gasteiger partial charge on any atom is -0.313 e. The summed E-state index contributed by atoms with van der Waals surface area (Å²) in [4.78, 5) is 0. The van der Waals surface area contributed by atoms with Crippen molar-refractivity contribution in [2.75, 3.05) is 7.05 Å². The van der Waals surface area contributed by atoms with E-state index in [1.54, 1.807) is 0 Å². The molecule has 1 fully saturated rings. The number of nitrogens with one attached hydrogen (secondary N) is 1. The highest BCUT2D eigenvalue weighted by Crippen LogP contribution is 2.37. The van der Waals surface area contributed by atoms with E-state index >= 15 is 0 Å². The third-order valence-corrected chi connectivity index (χ3v) is 4.68. The van der Waals surface area contributed by atoms with Crippen molar-refractivity contribution in [1.29, 1.82) is 0 Å². The third-order valence-electron chi connectivity index (χ3n) is 3.73. The Bertz CT molecular complexity index is 374. The SMILES string of the molecule is CNC(c1cc(Cl)ccc1Br)C1CCCCC1. The second kappa shape index (κ2) is 6.21. The molecule has 1 N–H and O–H groups in total. The minimum atomic E-state index is 0.420. The Hall–Kier alpha value is -0.0500. The Kier molecular flexibility index (Phi) is 4.89. The fourth-order valence-corrected chi connectivity index (χ4v) is 3.54. The molecular weight excluding hydrogens is 298 g/mol. The molecule has 17 heavy (non-hydrogen) atoms. The quantitative estimate of drug-likeness (QED) is 0.832. The van der Waals surface area contributed by atoms with E-state index in [1.807, 2.05) is 19.2 Å². The summed E-state index contributed by atoms with van der Waals surface area (Å²) >= 11 is 9.75. The van der Waals surface area contributed by atoms with Gasteiger partial charge in [-0.05, 0) is 49.6 Å². The van der Waals surface area contributed by atoms with Gasteiger partial charge in [0.1, 0.15) is 0 Å². The summed E-state index contributed by atoms with van der Waals surface area (Å²) in [5.41, 5.74) is 1.30. The van der Waals surface area contributed by atoms with E-state index in [0.29, 0.717) is 6.04 Å². The molecule has 3 heteroatoms. The zero-order valence-electron chi connectivity index (χ0n) is 10.2. The van der Waals surface area contributed by atoms with Gasteiger partial charge in [0.25, 0.3) is 0 Å². The van der Waals surface area contributed by atoms with Crippen LogP contribution < -0.4 is 5.32 Å². The molecule has 2 rings (SSSR count). The number of rotatable bonds is 3. The lowest BCUT2D eigenvalue weighted by atomic mass is 9.81. The molecular formula is C14H19BrClN. The Balaban J connectivity index is 2.24. The highest BCUT2D eigenvalue weighted by atomic mass is 79.9. The Morgan fingerprint density at radius 2 is 2.00 bits per heavy atom. The van der Waals surface area contributed by atoms with Gasteiger partial charge in [-0.1, -0.05) is 46.8 Å². The van der Waals surface area contributed by atoms with Crippen LogP contribution in [0.25, 0.3) is 0 Å². The van der Waals surface area contributed by atoms with Crippen molar-refractivity contribution in [1.82, 2.24) is 5.32 Å². The fraction of sp³-hybridized carbons (Fsp3) is 0.571. The van der Waals surface area contributed by atoms with Crippen LogP contribution in [0.4, 0.5) is 0 Å². The maximum absolute atomic E-state index is 6.11. The lowest BCUT2D eigenvalue weighted by molar-refractivity contribution is 0.281. The molecule has 1 saturated carbocycles. The molecule has 1 aliphatic carbocycles. The van der Waals surface area contributed by atoms with Crippen molar-refractivity contribution in [3.63, 3.8) is 0 Å². The van der Waals surface area contributed by atoms with Crippen molar-refractivity contribution in [3.8, 4) is 0 Å². The number of benzene rings is 1. The van der Waals surface area contributed by atoms with E-state index in [4.69, 9.17) is 11.6 Å². The van der Waals surface area contributed by atoms with E-state index in [1.165, 1.54) is 37.7 Å². The molecule has 1 unspecified atom stereocenters. The van der Waals surface area contributed by atoms with Crippen molar-refractivity contribution >= 4 is 27.5 Å². The highest BCUT2D eigenvalue weighted by molar-refractivity contribution is 9.10. The molecule has 1 nitrogen and oxygen atoms in total. The molecule has 1 atom stereocenters. The maximum Gasteiger partial charge on any atom is 0.0410 e. The molecule has 0 bridgehead atoms. The van der Waals surface area contributed by atoms with Crippen LogP contribution in [0.5, 0.6) is 0 Å². The first kappa shape index (κ1) is 13.4. The molecule has 0 radical (unpaired) electrons. The van der Waals surface area contributed by atoms with Gasteiger partial charge in [0.05, 0.1) is 0 Å². The van der Waals surface area contributed by atoms with E-state index in [-0.39, 0.29) is 0 Å². The zero-order valence-corrected chi connectivity index (χ0v) is 12.5. The summed E-state index contributed by atoms with van der Waals surface area (Å²) in [6.45, 7) is 0. The molecule has 0 spiro atoms. The predicted octanol–water partition coefficient (Wildman–Crippen LogP) is 4.94. The first-order chi connectivity index (χ1) is 8.22. The van der Waals surface area contributed by atoms with Gasteiger partial charge in [0.15, 0.2) is 0 Å². The summed E-state index contributed by atoms with van der Waals surface area (Å²) in [5, 5.41) is 4.29. The molecule has 1 aromatic carbocycles. The summed E-state index contributed by atoms with van der Waals surface area (Å²) in [6, 6.07) is 6.48. The van der Waals surface area contributed by atoms with Crippen LogP contribution in [0, 0.1) is 5.92 Å². The van der Waals surface area contributed by atoms with Gasteiger partial charge in [0.2, 0.25) is 0 Å². The summed E-state index contributed by atoms with van der Waals surface area (Å²) in [6.07, 6.45) is 6.76. The number of halogens is 2. The van der Waals surface area contributed by atoms with Gasteiger partial charge in [-0.25, -0.2) is 0 Å². The van der Waals surface area contributed by atoms with Crippen molar-refractivity contribution in [2.45, 2.75) is 38.1 Å². The van der Waals surface area contributed by atoms with Crippen molar-refractivity contribution in [3.05, 3.63) is 33.3 Å². The van der Waals surface area contributed by atoms with Gasteiger partial charge in [-0.2, -0.15) is 0 Å². The lowest BCUT2D eigenvalue weighted by Gasteiger charge is -2.31. The van der Waals surface area contributed by atoms with Crippen LogP contribution >= 0.6 is 27.5 Å². The van der Waals surface area contributed by atoms with E-state index in [2.05, 4.69) is 27.3 Å². The molecule has 0 amide bonds. The molecule has 0 aliphatic heterocycles. The van der Waals surface area contributed by atoms with Crippen LogP contribution in [-0.4, -0.2) is 7.05 Å². The topological polar surface area (TPSA) is 12.0 Å². The zero-order chi connectivity index (χ0) is 12.3. The highest BCUT2D eigenvalue weighted by Gasteiger charge is 2.25. The molecule has 0 saturated heterocycles. The van der Waals surface area contributed by atoms with Gasteiger partial charge in [0, 0.05) is 15.5 Å². The Morgan fingerprint density at radius 3 is 2.65 bits per heavy atom. The fourth-order valence-electron chi connectivity index (χ4n) is 2.87. The third kappa shape index (κ3) is 3.24. The van der Waals surface area contributed by atoms with Crippen LogP contribution in [0.3, 0.4) is 0 Å². The van der Waals surface area contributed by atoms with E-state index < -0.39 is 0 Å². The largest absolute Gasteiger partial charge is 0.313 e. The number of hydrogen-bond acceptors (Lipinski definition) is 1. The van der Waals surface area contributed by atoms with E-state index in [9.17, 15) is 0 Å². The van der Waals surface area contributed by atoms with Crippen LogP contribution in [0.15, 0.2) is 22.7 Å². The average Bonchev–Trinajstić information content (AvgIpc) is 2.36. The van der Waals surface area contributed by atoms with Gasteiger partial charge >= 0.3 is 0 Å². The first-order valence-corrected chi connectivity index (χ1v) is 7.51. The molecule has 1 aliphatic rings. The Morgan fingerprint density at radius 1 is 1.29 bits per heavy atom. The van der Waals surface area contributed by atoms with Gasteiger partial charge in [-0.3, -0.25) is 0 Å². The predicted molar refractivity (Wildman–Crippen MR) is 77.5 cm³/mol. The smallest absolute Gasteiger partial charge is 0.0410 e. The second-order valence-corrected chi connectivity index (χ2v) is 6.12. The Labute approximate surface area is 117 Å². The average molecular weight is 317 g/mol. The minimum absolute atomic E-state index is 0.420. The summed E-state index contributed by atoms with van der Waals surface area (Å²) in [5.74, 6) is 0.739. The van der Waals surface area contributed by atoms with Crippen LogP contribution in [-0.2, 0) is 0 Å². The molecule has 0 aromatic heterocycles. The van der Waals surface area contributed by atoms with Crippen LogP contribution in [0.1, 0.15) is 43.7 Å². The van der Waals surface area contributed by atoms with Gasteiger partial charge < -0.3 is 5.32 Å². The van der Waals surface area contributed by atoms with Crippen LogP contribution in [0.2, 0.25) is 5.02 Å². The lowest BCUT2D eigenvalue weighted by Crippen LogP contribution is -2.27. The van der Waals surface area contributed by atoms with Crippen molar-refractivity contribution < 1.29 is 0 Å². The normalized spacial score (nSPS) is 19.2. The first-order valence-electron chi connectivity index (χ1n) is 6.34. The monoisotopic (exact) mass is 315 g/mol. The van der Waals surface area contributed by atoms with E-state index in [0.717, 1.165) is 15.4 Å². The maximum atomic E-state index is 6.11.